The summed E-state index contributed by atoms with van der Waals surface area (Å²) in [6.07, 6.45) is 33.6. The molecule has 10 rings (SSSR count). The van der Waals surface area contributed by atoms with E-state index in [1.807, 2.05) is 20.8 Å². The third kappa shape index (κ3) is 38.8. The molecule has 10 fully saturated rings. The second-order valence-corrected chi connectivity index (χ2v) is 42.8. The summed E-state index contributed by atoms with van der Waals surface area (Å²) >= 11 is 11.9. The van der Waals surface area contributed by atoms with Crippen LogP contribution in [0.15, 0.2) is 0 Å². The molecule has 5 heterocycles. The van der Waals surface area contributed by atoms with Gasteiger partial charge in [-0.25, -0.2) is 24.0 Å². The number of amides is 5. The van der Waals surface area contributed by atoms with Crippen molar-refractivity contribution in [1.82, 2.24) is 25.3 Å². The van der Waals surface area contributed by atoms with E-state index in [0.717, 1.165) is 107 Å². The highest BCUT2D eigenvalue weighted by Gasteiger charge is 2.52. The molecule has 0 bridgehead atoms. The molecule has 8 unspecified atom stereocenters. The molecule has 0 radical (unpaired) electrons. The molecule has 14 N–H and O–H groups in total. The Labute approximate surface area is 772 Å². The molecule has 10 aliphatic rings. The number of ether oxygens (including phenoxy) is 6. The van der Waals surface area contributed by atoms with Crippen molar-refractivity contribution in [2.75, 3.05) is 51.7 Å². The minimum absolute atomic E-state index is 0. The van der Waals surface area contributed by atoms with Crippen LogP contribution in [0.4, 0.5) is 14.4 Å². The number of methoxy groups -OCH3 is 1. The van der Waals surface area contributed by atoms with Crippen molar-refractivity contribution >= 4 is 88.8 Å². The van der Waals surface area contributed by atoms with Gasteiger partial charge < -0.3 is 95.6 Å². The van der Waals surface area contributed by atoms with Crippen molar-refractivity contribution < 1.29 is 119 Å². The maximum Gasteiger partial charge on any atom is 0.411 e. The second kappa shape index (κ2) is 57.9. The second-order valence-electron chi connectivity index (χ2n) is 40.2. The Balaban J connectivity index is 0.000000351. The van der Waals surface area contributed by atoms with Crippen LogP contribution in [-0.2, 0) is 47.6 Å². The van der Waals surface area contributed by atoms with Crippen LogP contribution in [-0.4, -0.2) is 284 Å². The molecule has 736 valence electrons. The predicted octanol–water partition coefficient (Wildman–Crippen LogP) is 13.8. The number of nitrogens with one attached hydrogen (secondary N) is 2. The molecule has 5 amide bonds. The number of carbonyl (C=O) groups excluding carboxylic acids is 6. The molecule has 33 heteroatoms. The largest absolute Gasteiger partial charge is 0.480 e. The Morgan fingerprint density at radius 2 is 0.683 bits per heavy atom. The first-order valence-corrected chi connectivity index (χ1v) is 51.0. The van der Waals surface area contributed by atoms with Crippen molar-refractivity contribution in [2.24, 2.45) is 53.3 Å². The zero-order valence-electron chi connectivity index (χ0n) is 78.9. The number of carbonyl (C=O) groups is 7. The van der Waals surface area contributed by atoms with E-state index in [2.05, 4.69) is 10.6 Å². The Hall–Kier alpha value is -3.51. The van der Waals surface area contributed by atoms with E-state index in [4.69, 9.17) is 56.7 Å². The van der Waals surface area contributed by atoms with Gasteiger partial charge in [0.2, 0.25) is 11.8 Å². The molecular formula is C93H169Cl2N5O24S2. The lowest BCUT2D eigenvalue weighted by Crippen LogP contribution is -2.66. The average Bonchev–Trinajstić information content (AvgIpc) is 0.790. The number of nitrogens with zero attached hydrogens (tertiary/aromatic N) is 3. The maximum atomic E-state index is 13.8. The summed E-state index contributed by atoms with van der Waals surface area (Å²) in [6.45, 7) is 20.7. The van der Waals surface area contributed by atoms with Gasteiger partial charge in [-0.15, -0.1) is 46.7 Å². The predicted molar refractivity (Wildman–Crippen MR) is 493 cm³/mol. The van der Waals surface area contributed by atoms with Gasteiger partial charge in [-0.2, -0.15) is 0 Å². The molecule has 5 aliphatic carbocycles. The summed E-state index contributed by atoms with van der Waals surface area (Å²) in [5, 5.41) is 106. The number of hydrogen-bond acceptors (Lipinski definition) is 24. The zero-order valence-corrected chi connectivity index (χ0v) is 82.0. The van der Waals surface area contributed by atoms with Gasteiger partial charge >= 0.3 is 30.2 Å². The van der Waals surface area contributed by atoms with Gasteiger partial charge in [0, 0.05) is 32.7 Å². The van der Waals surface area contributed by atoms with Crippen LogP contribution >= 0.6 is 46.7 Å². The van der Waals surface area contributed by atoms with E-state index in [-0.39, 0.29) is 34.5 Å². The molecule has 5 aliphatic heterocycles. The van der Waals surface area contributed by atoms with Crippen molar-refractivity contribution in [2.45, 2.75) is 439 Å². The molecule has 0 aromatic rings. The number of esters is 1. The average molecular weight is 1880 g/mol. The smallest absolute Gasteiger partial charge is 0.411 e. The molecule has 0 spiro atoms. The fourth-order valence-electron chi connectivity index (χ4n) is 20.2. The molecular weight excluding hydrogens is 1710 g/mol. The third-order valence-electron chi connectivity index (χ3n) is 27.1. The Morgan fingerprint density at radius 3 is 0.984 bits per heavy atom. The Bertz CT molecular complexity index is 3100. The normalized spacial score (nSPS) is 30.7. The SMILES string of the molecule is CC(C)(C)OC(=O)N1CCC(CCC2CCCCC2)CC1C(=O)O.CO.COC(=O)C1CC(CCC2CCCCC2)CCN1C(=O)OC(C)(C)C.CS[C@H]1O[C@H]([C@H](NC(=O)C2CC(CCC3CCCCC3)CCN2C(=O)OC(C)(C)C)[C@H](C)O)[C@H](O)[C@H](O)[C@H]1O.CS[C@H]1O[C@H]([C@H](NC(=O)C2CCCC(CCC3CCCCC3)C2)[C@H](C)O)[C@H](O)[C@H](O)[C@H]1O.ClCCl.O. The highest BCUT2D eigenvalue weighted by molar-refractivity contribution is 7.99. The number of aliphatic hydroxyl groups is 9. The van der Waals surface area contributed by atoms with Gasteiger partial charge in [0.05, 0.1) is 36.7 Å². The number of aliphatic carboxylic acids is 1. The van der Waals surface area contributed by atoms with E-state index in [0.29, 0.717) is 56.7 Å². The summed E-state index contributed by atoms with van der Waals surface area (Å²) < 4.78 is 33.0. The highest BCUT2D eigenvalue weighted by Crippen LogP contribution is 2.41. The van der Waals surface area contributed by atoms with Crippen LogP contribution < -0.4 is 10.6 Å². The zero-order chi connectivity index (χ0) is 93.1. The van der Waals surface area contributed by atoms with E-state index in [9.17, 15) is 79.5 Å². The van der Waals surface area contributed by atoms with Gasteiger partial charge in [0.15, 0.2) is 0 Å². The first kappa shape index (κ1) is 115. The van der Waals surface area contributed by atoms with Crippen LogP contribution in [0, 0.1) is 53.3 Å². The number of carboxylic acid groups (broad SMARTS) is 1. The van der Waals surface area contributed by atoms with E-state index >= 15 is 0 Å². The Kier molecular flexibility index (Phi) is 52.8. The monoisotopic (exact) mass is 1870 g/mol. The molecule has 0 aromatic carbocycles. The summed E-state index contributed by atoms with van der Waals surface area (Å²) in [6, 6.07) is -4.00. The number of carboxylic acids is 1. The molecule has 0 aromatic heterocycles. The lowest BCUT2D eigenvalue weighted by Gasteiger charge is -2.45. The highest BCUT2D eigenvalue weighted by atomic mass is 35.5. The molecule has 5 saturated carbocycles. The van der Waals surface area contributed by atoms with Crippen LogP contribution in [0.1, 0.15) is 320 Å². The maximum absolute atomic E-state index is 13.8. The van der Waals surface area contributed by atoms with Crippen LogP contribution in [0.2, 0.25) is 0 Å². The van der Waals surface area contributed by atoms with Crippen LogP contribution in [0.3, 0.4) is 0 Å². The lowest BCUT2D eigenvalue weighted by atomic mass is 9.76. The topological polar surface area (TPSA) is 442 Å². The number of thioether (sulfide) groups is 2. The number of piperidine rings is 3. The van der Waals surface area contributed by atoms with E-state index in [1.165, 1.54) is 196 Å². The number of rotatable bonds is 24. The van der Waals surface area contributed by atoms with Gasteiger partial charge in [-0.3, -0.25) is 24.3 Å². The first-order chi connectivity index (χ1) is 59.1. The van der Waals surface area contributed by atoms with E-state index < -0.39 is 149 Å². The van der Waals surface area contributed by atoms with Gasteiger partial charge in [0.25, 0.3) is 0 Å². The van der Waals surface area contributed by atoms with Gasteiger partial charge in [0.1, 0.15) is 94.6 Å². The van der Waals surface area contributed by atoms with Crippen molar-refractivity contribution in [3.8, 4) is 0 Å². The van der Waals surface area contributed by atoms with Crippen molar-refractivity contribution in [3.05, 3.63) is 0 Å². The van der Waals surface area contributed by atoms with Crippen molar-refractivity contribution in [3.63, 3.8) is 0 Å². The number of alkyl halides is 2. The molecule has 22 atom stereocenters. The minimum Gasteiger partial charge on any atom is -0.480 e. The fourth-order valence-corrected chi connectivity index (χ4v) is 21.5. The van der Waals surface area contributed by atoms with Crippen LogP contribution in [0.25, 0.3) is 0 Å². The van der Waals surface area contributed by atoms with E-state index in [1.54, 1.807) is 65.9 Å². The number of halogens is 2. The lowest BCUT2D eigenvalue weighted by molar-refractivity contribution is -0.211. The molecule has 126 heavy (non-hydrogen) atoms. The standard InChI is InChI=1S/C28H50N2O8S.C24H43NO6S.C20H35NO4.C19H33NO4.CH2Cl2.CH4O.H2O/c1-16(31)20(24-22(33)21(32)23(34)26(37-24)39-5)29-25(35)19-15-18(12-11-17-9-7-6-8-10-17)13-14-30(19)27(36)38-28(2,3)4;1-14(26)18(22-20(28)19(27)21(29)24(31-22)32-2)25-23(30)17-10-6-9-16(13-17)12-11-15-7-4-3-5-8-15;1-20(2,3)25-19(23)21-13-12-16(14-17(21)18(22)24-4)11-10-15-8-6-5-7-9-15;1-19(2,3)24-18(23)20-12-11-15(13-16(20)17(21)22)10-9-14-7-5-4-6-8-14;2-1-3;1-2;/h16-24,26,31-34H,6-15H2,1-5H3,(H,29,35);14-22,24,26-29H,3-13H2,1-2H3,(H,25,30);15-17H,5-14H2,1-4H3;14-16H,4-13H2,1-3H3,(H,21,22);1H2;2H,1H3;1H2/t16-,18?,19?,20+,21-,22+,23+,24+,26+;14-,16?,17?,18+,19-,20+,21+,22+,24+;;;;;/m00...../s1. The fraction of sp³-hybridized carbons (Fsp3) is 0.925. The Morgan fingerprint density at radius 1 is 0.405 bits per heavy atom. The summed E-state index contributed by atoms with van der Waals surface area (Å²) in [5.41, 5.74) is -3.46. The summed E-state index contributed by atoms with van der Waals surface area (Å²) in [4.78, 5) is 93.1. The number of hydrogen-bond donors (Lipinski definition) is 12. The summed E-state index contributed by atoms with van der Waals surface area (Å²) in [5.74, 6) is 3.09. The number of aliphatic hydroxyl groups excluding tert-OH is 9. The minimum atomic E-state index is -1.53. The first-order valence-electron chi connectivity index (χ1n) is 47.4. The van der Waals surface area contributed by atoms with Crippen LogP contribution in [0.5, 0.6) is 0 Å². The number of likely N-dealkylation sites (tertiary alicyclic amines) is 3. The molecule has 5 saturated heterocycles. The quantitative estimate of drug-likeness (QED) is 0.0243. The third-order valence-corrected chi connectivity index (χ3v) is 28.8. The van der Waals surface area contributed by atoms with Gasteiger partial charge in [-0.05, 0) is 187 Å². The molecule has 29 nitrogen and oxygen atoms in total. The van der Waals surface area contributed by atoms with Gasteiger partial charge in [-0.1, -0.05) is 193 Å². The summed E-state index contributed by atoms with van der Waals surface area (Å²) in [7, 11) is 2.39. The van der Waals surface area contributed by atoms with Crippen molar-refractivity contribution in [1.29, 1.82) is 0 Å².